The molecule has 1 fully saturated rings. The van der Waals surface area contributed by atoms with Crippen molar-refractivity contribution in [3.63, 3.8) is 0 Å². The largest absolute Gasteiger partial charge is 0.313 e. The maximum Gasteiger partial charge on any atom is 0.0321 e. The molecule has 1 aromatic heterocycles. The van der Waals surface area contributed by atoms with Gasteiger partial charge in [0.25, 0.3) is 0 Å². The first kappa shape index (κ1) is 12.5. The van der Waals surface area contributed by atoms with Gasteiger partial charge in [-0.3, -0.25) is 9.88 Å². The zero-order valence-corrected chi connectivity index (χ0v) is 10.9. The van der Waals surface area contributed by atoms with Crippen molar-refractivity contribution in [1.82, 2.24) is 15.2 Å². The highest BCUT2D eigenvalue weighted by Gasteiger charge is 2.21. The molecule has 0 radical (unpaired) electrons. The monoisotopic (exact) mass is 233 g/mol. The van der Waals surface area contributed by atoms with Crippen LogP contribution in [0.2, 0.25) is 0 Å². The minimum Gasteiger partial charge on any atom is -0.313 e. The van der Waals surface area contributed by atoms with E-state index in [0.717, 1.165) is 13.1 Å². The first-order valence-corrected chi connectivity index (χ1v) is 6.68. The van der Waals surface area contributed by atoms with Crippen molar-refractivity contribution in [2.45, 2.75) is 38.8 Å². The number of nitrogens with zero attached hydrogens (tertiary/aromatic N) is 2. The highest BCUT2D eigenvalue weighted by Crippen LogP contribution is 2.21. The predicted octanol–water partition coefficient (Wildman–Crippen LogP) is 2.22. The fraction of sp³-hybridized carbons (Fsp3) is 0.643. The standard InChI is InChI=1S/C14H23N3/c1-3-14-11-17(10-4-7-16-14)12(2)13-5-8-15-9-6-13/h5-6,8-9,12,14,16H,3-4,7,10-11H2,1-2H3. The number of aromatic nitrogens is 1. The van der Waals surface area contributed by atoms with Gasteiger partial charge >= 0.3 is 0 Å². The lowest BCUT2D eigenvalue weighted by Crippen LogP contribution is -2.38. The van der Waals surface area contributed by atoms with Gasteiger partial charge in [-0.25, -0.2) is 0 Å². The summed E-state index contributed by atoms with van der Waals surface area (Å²) < 4.78 is 0. The first-order valence-electron chi connectivity index (χ1n) is 6.68. The van der Waals surface area contributed by atoms with Crippen LogP contribution in [0.4, 0.5) is 0 Å². The molecule has 0 spiro atoms. The fourth-order valence-corrected chi connectivity index (χ4v) is 2.51. The normalized spacial score (nSPS) is 24.2. The average molecular weight is 233 g/mol. The summed E-state index contributed by atoms with van der Waals surface area (Å²) in [7, 11) is 0. The zero-order valence-electron chi connectivity index (χ0n) is 10.9. The van der Waals surface area contributed by atoms with Crippen LogP contribution in [0.3, 0.4) is 0 Å². The van der Waals surface area contributed by atoms with Gasteiger partial charge in [-0.2, -0.15) is 0 Å². The molecule has 1 aliphatic rings. The van der Waals surface area contributed by atoms with Crippen LogP contribution in [0.15, 0.2) is 24.5 Å². The Morgan fingerprint density at radius 3 is 2.94 bits per heavy atom. The Hall–Kier alpha value is -0.930. The van der Waals surface area contributed by atoms with Crippen LogP contribution in [0, 0.1) is 0 Å². The summed E-state index contributed by atoms with van der Waals surface area (Å²) in [6, 6.07) is 5.39. The Bertz CT molecular complexity index is 325. The number of hydrogen-bond donors (Lipinski definition) is 1. The summed E-state index contributed by atoms with van der Waals surface area (Å²) in [5.74, 6) is 0. The van der Waals surface area contributed by atoms with Crippen molar-refractivity contribution in [1.29, 1.82) is 0 Å². The fourth-order valence-electron chi connectivity index (χ4n) is 2.51. The van der Waals surface area contributed by atoms with E-state index in [2.05, 4.69) is 41.2 Å². The Morgan fingerprint density at radius 2 is 2.24 bits per heavy atom. The molecule has 0 aromatic carbocycles. The van der Waals surface area contributed by atoms with Gasteiger partial charge in [0.15, 0.2) is 0 Å². The molecule has 1 aromatic rings. The molecule has 17 heavy (non-hydrogen) atoms. The summed E-state index contributed by atoms with van der Waals surface area (Å²) in [5.41, 5.74) is 1.37. The minimum absolute atomic E-state index is 0.493. The quantitative estimate of drug-likeness (QED) is 0.867. The number of nitrogens with one attached hydrogen (secondary N) is 1. The maximum atomic E-state index is 4.09. The van der Waals surface area contributed by atoms with Gasteiger partial charge in [-0.15, -0.1) is 0 Å². The number of hydrogen-bond acceptors (Lipinski definition) is 3. The van der Waals surface area contributed by atoms with Gasteiger partial charge in [-0.1, -0.05) is 6.92 Å². The maximum absolute atomic E-state index is 4.09. The molecule has 1 N–H and O–H groups in total. The lowest BCUT2D eigenvalue weighted by molar-refractivity contribution is 0.205. The van der Waals surface area contributed by atoms with Crippen LogP contribution in [-0.2, 0) is 0 Å². The van der Waals surface area contributed by atoms with Crippen molar-refractivity contribution >= 4 is 0 Å². The Labute approximate surface area is 104 Å². The highest BCUT2D eigenvalue weighted by molar-refractivity contribution is 5.14. The van der Waals surface area contributed by atoms with Crippen molar-refractivity contribution in [3.05, 3.63) is 30.1 Å². The molecule has 2 rings (SSSR count). The lowest BCUT2D eigenvalue weighted by atomic mass is 10.1. The zero-order chi connectivity index (χ0) is 12.1. The molecular weight excluding hydrogens is 210 g/mol. The third-order valence-electron chi connectivity index (χ3n) is 3.74. The number of rotatable bonds is 3. The summed E-state index contributed by atoms with van der Waals surface area (Å²) in [4.78, 5) is 6.68. The SMILES string of the molecule is CCC1CN(C(C)c2ccncc2)CCCN1. The summed E-state index contributed by atoms with van der Waals surface area (Å²) in [6.07, 6.45) is 6.23. The number of pyridine rings is 1. The molecule has 1 saturated heterocycles. The Morgan fingerprint density at radius 1 is 1.47 bits per heavy atom. The van der Waals surface area contributed by atoms with Crippen molar-refractivity contribution < 1.29 is 0 Å². The second kappa shape index (κ2) is 6.12. The molecule has 0 amide bonds. The molecule has 94 valence electrons. The predicted molar refractivity (Wildman–Crippen MR) is 70.9 cm³/mol. The van der Waals surface area contributed by atoms with Crippen LogP contribution in [0.25, 0.3) is 0 Å². The van der Waals surface area contributed by atoms with Crippen molar-refractivity contribution in [3.8, 4) is 0 Å². The summed E-state index contributed by atoms with van der Waals surface area (Å²) >= 11 is 0. The molecule has 3 heteroatoms. The van der Waals surface area contributed by atoms with Gasteiger partial charge in [0.2, 0.25) is 0 Å². The molecule has 2 heterocycles. The second-order valence-electron chi connectivity index (χ2n) is 4.86. The molecule has 2 unspecified atom stereocenters. The van der Waals surface area contributed by atoms with Crippen molar-refractivity contribution in [2.24, 2.45) is 0 Å². The topological polar surface area (TPSA) is 28.2 Å². The van der Waals surface area contributed by atoms with Crippen LogP contribution in [0.5, 0.6) is 0 Å². The highest BCUT2D eigenvalue weighted by atomic mass is 15.2. The molecule has 2 atom stereocenters. The van der Waals surface area contributed by atoms with Crippen LogP contribution < -0.4 is 5.32 Å². The summed E-state index contributed by atoms with van der Waals surface area (Å²) in [6.45, 7) is 8.05. The van der Waals surface area contributed by atoms with E-state index in [1.54, 1.807) is 0 Å². The van der Waals surface area contributed by atoms with E-state index >= 15 is 0 Å². The third kappa shape index (κ3) is 3.27. The van der Waals surface area contributed by atoms with E-state index in [0.29, 0.717) is 12.1 Å². The van der Waals surface area contributed by atoms with E-state index in [1.165, 1.54) is 24.9 Å². The van der Waals surface area contributed by atoms with E-state index in [-0.39, 0.29) is 0 Å². The molecule has 3 nitrogen and oxygen atoms in total. The second-order valence-corrected chi connectivity index (χ2v) is 4.86. The molecule has 0 bridgehead atoms. The van der Waals surface area contributed by atoms with E-state index in [9.17, 15) is 0 Å². The first-order chi connectivity index (χ1) is 8.31. The van der Waals surface area contributed by atoms with Crippen LogP contribution in [0.1, 0.15) is 38.3 Å². The molecule has 0 aliphatic carbocycles. The molecule has 0 saturated carbocycles. The Kier molecular flexibility index (Phi) is 4.51. The van der Waals surface area contributed by atoms with Crippen LogP contribution >= 0.6 is 0 Å². The van der Waals surface area contributed by atoms with E-state index in [1.807, 2.05) is 12.4 Å². The van der Waals surface area contributed by atoms with Gasteiger partial charge in [-0.05, 0) is 44.0 Å². The van der Waals surface area contributed by atoms with Gasteiger partial charge in [0.1, 0.15) is 0 Å². The molecule has 1 aliphatic heterocycles. The van der Waals surface area contributed by atoms with Crippen LogP contribution in [-0.4, -0.2) is 35.6 Å². The van der Waals surface area contributed by atoms with E-state index < -0.39 is 0 Å². The minimum atomic E-state index is 0.493. The Balaban J connectivity index is 2.05. The summed E-state index contributed by atoms with van der Waals surface area (Å²) in [5, 5.41) is 3.61. The van der Waals surface area contributed by atoms with Gasteiger partial charge in [0, 0.05) is 37.6 Å². The van der Waals surface area contributed by atoms with Gasteiger partial charge < -0.3 is 5.32 Å². The van der Waals surface area contributed by atoms with Gasteiger partial charge in [0.05, 0.1) is 0 Å². The smallest absolute Gasteiger partial charge is 0.0321 e. The van der Waals surface area contributed by atoms with E-state index in [4.69, 9.17) is 0 Å². The average Bonchev–Trinajstić information content (AvgIpc) is 2.64. The molecular formula is C14H23N3. The third-order valence-corrected chi connectivity index (χ3v) is 3.74. The van der Waals surface area contributed by atoms with Crippen molar-refractivity contribution in [2.75, 3.05) is 19.6 Å². The lowest BCUT2D eigenvalue weighted by Gasteiger charge is -2.30.